The second-order valence-electron chi connectivity index (χ2n) is 6.05. The maximum absolute atomic E-state index is 4.30. The monoisotopic (exact) mass is 281 g/mol. The van der Waals surface area contributed by atoms with Crippen molar-refractivity contribution in [3.8, 4) is 0 Å². The van der Waals surface area contributed by atoms with Crippen LogP contribution in [0.2, 0.25) is 0 Å². The molecule has 0 aliphatic heterocycles. The highest BCUT2D eigenvalue weighted by molar-refractivity contribution is 7.09. The van der Waals surface area contributed by atoms with Crippen molar-refractivity contribution in [1.29, 1.82) is 0 Å². The molecular formula is C17H31NS. The molecule has 110 valence electrons. The average Bonchev–Trinajstić information content (AvgIpc) is 2.95. The van der Waals surface area contributed by atoms with Crippen molar-refractivity contribution in [2.24, 2.45) is 0 Å². The molecule has 1 heterocycles. The Balaban J connectivity index is 2.47. The number of aromatic nitrogens is 1. The zero-order valence-electron chi connectivity index (χ0n) is 13.1. The Labute approximate surface area is 123 Å². The van der Waals surface area contributed by atoms with E-state index in [2.05, 4.69) is 32.0 Å². The van der Waals surface area contributed by atoms with Crippen LogP contribution in [-0.2, 0) is 5.41 Å². The molecule has 0 aliphatic rings. The van der Waals surface area contributed by atoms with Gasteiger partial charge in [-0.25, -0.2) is 0 Å². The average molecular weight is 282 g/mol. The van der Waals surface area contributed by atoms with Gasteiger partial charge in [-0.05, 0) is 12.8 Å². The van der Waals surface area contributed by atoms with E-state index in [9.17, 15) is 0 Å². The third-order valence-corrected chi connectivity index (χ3v) is 5.27. The molecule has 1 aromatic rings. The van der Waals surface area contributed by atoms with Crippen molar-refractivity contribution < 1.29 is 0 Å². The van der Waals surface area contributed by atoms with E-state index >= 15 is 0 Å². The van der Waals surface area contributed by atoms with Gasteiger partial charge in [-0.1, -0.05) is 72.1 Å². The standard InChI is InChI=1S/C17H31NS/c1-4-6-8-10-12-17(3,13-11-9-7-5-2)16-14-18-15-19-16/h14-15H,4-13H2,1-3H3. The van der Waals surface area contributed by atoms with Crippen LogP contribution in [0.15, 0.2) is 11.7 Å². The Hall–Kier alpha value is -0.370. The Kier molecular flexibility index (Phi) is 8.36. The number of hydrogen-bond donors (Lipinski definition) is 0. The summed E-state index contributed by atoms with van der Waals surface area (Å²) in [5, 5.41) is 0. The second kappa shape index (κ2) is 9.52. The molecule has 0 N–H and O–H groups in total. The van der Waals surface area contributed by atoms with Crippen LogP contribution >= 0.6 is 11.3 Å². The maximum Gasteiger partial charge on any atom is 0.0794 e. The third-order valence-electron chi connectivity index (χ3n) is 4.19. The number of rotatable bonds is 11. The molecule has 1 rings (SSSR count). The highest BCUT2D eigenvalue weighted by Crippen LogP contribution is 2.37. The summed E-state index contributed by atoms with van der Waals surface area (Å²) in [5.74, 6) is 0. The van der Waals surface area contributed by atoms with Gasteiger partial charge in [0.05, 0.1) is 5.51 Å². The Morgan fingerprint density at radius 1 is 0.947 bits per heavy atom. The van der Waals surface area contributed by atoms with Crippen molar-refractivity contribution in [3.63, 3.8) is 0 Å². The van der Waals surface area contributed by atoms with Gasteiger partial charge in [-0.2, -0.15) is 0 Å². The van der Waals surface area contributed by atoms with E-state index in [1.54, 1.807) is 0 Å². The summed E-state index contributed by atoms with van der Waals surface area (Å²) in [4.78, 5) is 5.80. The SMILES string of the molecule is CCCCCCC(C)(CCCCCC)c1cncs1. The van der Waals surface area contributed by atoms with Gasteiger partial charge >= 0.3 is 0 Å². The van der Waals surface area contributed by atoms with Gasteiger partial charge in [0.25, 0.3) is 0 Å². The summed E-state index contributed by atoms with van der Waals surface area (Å²) < 4.78 is 0. The summed E-state index contributed by atoms with van der Waals surface area (Å²) in [6, 6.07) is 0. The molecule has 2 heteroatoms. The van der Waals surface area contributed by atoms with E-state index in [1.165, 1.54) is 69.1 Å². The van der Waals surface area contributed by atoms with Crippen LogP contribution in [0.3, 0.4) is 0 Å². The van der Waals surface area contributed by atoms with Crippen LogP contribution in [0.4, 0.5) is 0 Å². The fourth-order valence-electron chi connectivity index (χ4n) is 2.77. The lowest BCUT2D eigenvalue weighted by Gasteiger charge is -2.28. The lowest BCUT2D eigenvalue weighted by molar-refractivity contribution is 0.370. The second-order valence-corrected chi connectivity index (χ2v) is 6.93. The Morgan fingerprint density at radius 2 is 1.53 bits per heavy atom. The fraction of sp³-hybridized carbons (Fsp3) is 0.824. The van der Waals surface area contributed by atoms with Gasteiger partial charge in [0, 0.05) is 16.5 Å². The molecule has 0 amide bonds. The lowest BCUT2D eigenvalue weighted by atomic mass is 9.79. The molecule has 1 aromatic heterocycles. The molecule has 0 saturated carbocycles. The minimum absolute atomic E-state index is 0.378. The molecule has 1 nitrogen and oxygen atoms in total. The maximum atomic E-state index is 4.30. The first-order chi connectivity index (χ1) is 9.23. The predicted molar refractivity (Wildman–Crippen MR) is 87.0 cm³/mol. The number of hydrogen-bond acceptors (Lipinski definition) is 2. The number of nitrogens with zero attached hydrogens (tertiary/aromatic N) is 1. The smallest absolute Gasteiger partial charge is 0.0794 e. The first-order valence-electron chi connectivity index (χ1n) is 8.12. The minimum Gasteiger partial charge on any atom is -0.253 e. The van der Waals surface area contributed by atoms with E-state index in [0.717, 1.165) is 0 Å². The van der Waals surface area contributed by atoms with E-state index in [0.29, 0.717) is 5.41 Å². The highest BCUT2D eigenvalue weighted by Gasteiger charge is 2.27. The largest absolute Gasteiger partial charge is 0.253 e. The molecule has 0 unspecified atom stereocenters. The summed E-state index contributed by atoms with van der Waals surface area (Å²) in [7, 11) is 0. The lowest BCUT2D eigenvalue weighted by Crippen LogP contribution is -2.20. The van der Waals surface area contributed by atoms with E-state index in [-0.39, 0.29) is 0 Å². The first kappa shape index (κ1) is 16.7. The van der Waals surface area contributed by atoms with Gasteiger partial charge in [0.1, 0.15) is 0 Å². The predicted octanol–water partition coefficient (Wildman–Crippen LogP) is 6.34. The van der Waals surface area contributed by atoms with Crippen molar-refractivity contribution in [2.45, 2.75) is 90.4 Å². The van der Waals surface area contributed by atoms with Gasteiger partial charge in [0.2, 0.25) is 0 Å². The number of unbranched alkanes of at least 4 members (excludes halogenated alkanes) is 6. The zero-order chi connectivity index (χ0) is 14.0. The summed E-state index contributed by atoms with van der Waals surface area (Å²) in [6.07, 6.45) is 15.7. The topological polar surface area (TPSA) is 12.9 Å². The molecule has 0 radical (unpaired) electrons. The van der Waals surface area contributed by atoms with Gasteiger partial charge in [0.15, 0.2) is 0 Å². The van der Waals surface area contributed by atoms with Gasteiger partial charge in [-0.15, -0.1) is 11.3 Å². The number of thiazole rings is 1. The molecule has 0 saturated heterocycles. The van der Waals surface area contributed by atoms with Crippen LogP contribution in [0.1, 0.15) is 89.9 Å². The molecule has 0 aromatic carbocycles. The molecule has 0 aliphatic carbocycles. The van der Waals surface area contributed by atoms with Crippen LogP contribution in [0.25, 0.3) is 0 Å². The van der Waals surface area contributed by atoms with E-state index < -0.39 is 0 Å². The normalized spacial score (nSPS) is 11.9. The van der Waals surface area contributed by atoms with Crippen molar-refractivity contribution >= 4 is 11.3 Å². The highest BCUT2D eigenvalue weighted by atomic mass is 32.1. The quantitative estimate of drug-likeness (QED) is 0.431. The molecule has 0 bridgehead atoms. The summed E-state index contributed by atoms with van der Waals surface area (Å²) in [5.41, 5.74) is 2.37. The summed E-state index contributed by atoms with van der Waals surface area (Å²) in [6.45, 7) is 7.03. The Morgan fingerprint density at radius 3 is 1.95 bits per heavy atom. The molecule has 0 fully saturated rings. The Bertz CT molecular complexity index is 293. The minimum atomic E-state index is 0.378. The van der Waals surface area contributed by atoms with Crippen molar-refractivity contribution in [3.05, 3.63) is 16.6 Å². The van der Waals surface area contributed by atoms with Crippen molar-refractivity contribution in [2.75, 3.05) is 0 Å². The van der Waals surface area contributed by atoms with Gasteiger partial charge < -0.3 is 0 Å². The molecule has 0 spiro atoms. The zero-order valence-corrected chi connectivity index (χ0v) is 13.9. The molecule has 19 heavy (non-hydrogen) atoms. The first-order valence-corrected chi connectivity index (χ1v) is 9.00. The molecule has 0 atom stereocenters. The van der Waals surface area contributed by atoms with Gasteiger partial charge in [-0.3, -0.25) is 4.98 Å². The van der Waals surface area contributed by atoms with E-state index in [1.807, 2.05) is 16.8 Å². The third kappa shape index (κ3) is 6.07. The molecular weight excluding hydrogens is 250 g/mol. The van der Waals surface area contributed by atoms with Crippen LogP contribution in [0.5, 0.6) is 0 Å². The van der Waals surface area contributed by atoms with Crippen LogP contribution in [-0.4, -0.2) is 4.98 Å². The van der Waals surface area contributed by atoms with E-state index in [4.69, 9.17) is 0 Å². The van der Waals surface area contributed by atoms with Crippen LogP contribution < -0.4 is 0 Å². The van der Waals surface area contributed by atoms with Crippen molar-refractivity contribution in [1.82, 2.24) is 4.98 Å². The fourth-order valence-corrected chi connectivity index (χ4v) is 3.61. The van der Waals surface area contributed by atoms with Crippen LogP contribution in [0, 0.1) is 0 Å². The summed E-state index contributed by atoms with van der Waals surface area (Å²) >= 11 is 1.85.